The smallest absolute Gasteiger partial charge is 0.331 e. The minimum Gasteiger partial charge on any atom is -0.497 e. The number of hydrogen-bond acceptors (Lipinski definition) is 4. The highest BCUT2D eigenvalue weighted by atomic mass is 16.5. The second-order valence-corrected chi connectivity index (χ2v) is 5.31. The number of carbonyl (C=O) groups excluding carboxylic acids is 1. The van der Waals surface area contributed by atoms with Crippen molar-refractivity contribution < 1.29 is 14.3 Å². The second kappa shape index (κ2) is 6.16. The molecule has 0 radical (unpaired) electrons. The van der Waals surface area contributed by atoms with Gasteiger partial charge in [0.1, 0.15) is 11.3 Å². The Morgan fingerprint density at radius 2 is 2.05 bits per heavy atom. The van der Waals surface area contributed by atoms with Gasteiger partial charge in [0.05, 0.1) is 14.2 Å². The van der Waals surface area contributed by atoms with Gasteiger partial charge < -0.3 is 14.8 Å². The largest absolute Gasteiger partial charge is 0.497 e. The van der Waals surface area contributed by atoms with Crippen molar-refractivity contribution in [3.63, 3.8) is 0 Å². The van der Waals surface area contributed by atoms with Crippen LogP contribution in [0.3, 0.4) is 0 Å². The second-order valence-electron chi connectivity index (χ2n) is 5.31. The number of rotatable bonds is 5. The molecular formula is C16H23NO3. The molecule has 0 aromatic heterocycles. The number of hydrogen-bond donors (Lipinski definition) is 1. The lowest BCUT2D eigenvalue weighted by molar-refractivity contribution is -0.147. The SMILES string of the molecule is CCC1CCCC1(Nc1ccc(OC)cc1)C(=O)OC. The van der Waals surface area contributed by atoms with E-state index in [2.05, 4.69) is 12.2 Å². The lowest BCUT2D eigenvalue weighted by Crippen LogP contribution is -2.50. The first-order chi connectivity index (χ1) is 9.66. The monoisotopic (exact) mass is 277 g/mol. The zero-order valence-electron chi connectivity index (χ0n) is 12.4. The predicted molar refractivity (Wildman–Crippen MR) is 79.0 cm³/mol. The summed E-state index contributed by atoms with van der Waals surface area (Å²) in [5.41, 5.74) is 0.342. The molecule has 20 heavy (non-hydrogen) atoms. The van der Waals surface area contributed by atoms with E-state index in [-0.39, 0.29) is 5.97 Å². The molecule has 2 rings (SSSR count). The van der Waals surface area contributed by atoms with Crippen LogP contribution in [-0.4, -0.2) is 25.7 Å². The molecule has 1 N–H and O–H groups in total. The molecule has 4 nitrogen and oxygen atoms in total. The van der Waals surface area contributed by atoms with E-state index in [4.69, 9.17) is 9.47 Å². The van der Waals surface area contributed by atoms with E-state index < -0.39 is 5.54 Å². The zero-order valence-corrected chi connectivity index (χ0v) is 12.4. The number of nitrogens with one attached hydrogen (secondary N) is 1. The molecule has 0 saturated heterocycles. The van der Waals surface area contributed by atoms with Gasteiger partial charge in [0, 0.05) is 5.69 Å². The Morgan fingerprint density at radius 1 is 1.35 bits per heavy atom. The van der Waals surface area contributed by atoms with Crippen LogP contribution in [0, 0.1) is 5.92 Å². The Bertz CT molecular complexity index is 457. The van der Waals surface area contributed by atoms with Crippen LogP contribution in [-0.2, 0) is 9.53 Å². The average molecular weight is 277 g/mol. The molecule has 1 aliphatic carbocycles. The van der Waals surface area contributed by atoms with Crippen molar-refractivity contribution in [2.24, 2.45) is 5.92 Å². The maximum absolute atomic E-state index is 12.3. The summed E-state index contributed by atoms with van der Waals surface area (Å²) in [6.07, 6.45) is 3.91. The van der Waals surface area contributed by atoms with Crippen LogP contribution in [0.15, 0.2) is 24.3 Å². The Kier molecular flexibility index (Phi) is 4.53. The van der Waals surface area contributed by atoms with Crippen LogP contribution in [0.5, 0.6) is 5.75 Å². The first-order valence-electron chi connectivity index (χ1n) is 7.17. The molecule has 4 heteroatoms. The number of methoxy groups -OCH3 is 2. The van der Waals surface area contributed by atoms with Crippen molar-refractivity contribution in [1.29, 1.82) is 0 Å². The van der Waals surface area contributed by atoms with Crippen molar-refractivity contribution in [2.75, 3.05) is 19.5 Å². The third kappa shape index (κ3) is 2.60. The molecule has 2 atom stereocenters. The average Bonchev–Trinajstić information content (AvgIpc) is 2.91. The summed E-state index contributed by atoms with van der Waals surface area (Å²) < 4.78 is 10.2. The minimum absolute atomic E-state index is 0.155. The summed E-state index contributed by atoms with van der Waals surface area (Å²) in [5.74, 6) is 0.968. The van der Waals surface area contributed by atoms with Crippen LogP contribution in [0.1, 0.15) is 32.6 Å². The molecule has 0 amide bonds. The molecular weight excluding hydrogens is 254 g/mol. The van der Waals surface area contributed by atoms with E-state index in [1.54, 1.807) is 7.11 Å². The number of benzene rings is 1. The summed E-state index contributed by atoms with van der Waals surface area (Å²) in [4.78, 5) is 12.3. The number of esters is 1. The highest BCUT2D eigenvalue weighted by Crippen LogP contribution is 2.41. The molecule has 1 saturated carbocycles. The van der Waals surface area contributed by atoms with Crippen LogP contribution in [0.25, 0.3) is 0 Å². The highest BCUT2D eigenvalue weighted by molar-refractivity contribution is 5.85. The third-order valence-corrected chi connectivity index (χ3v) is 4.32. The van der Waals surface area contributed by atoms with Crippen molar-refractivity contribution in [3.05, 3.63) is 24.3 Å². The minimum atomic E-state index is -0.585. The van der Waals surface area contributed by atoms with Gasteiger partial charge in [-0.25, -0.2) is 4.79 Å². The van der Waals surface area contributed by atoms with Gasteiger partial charge in [-0.15, -0.1) is 0 Å². The first-order valence-corrected chi connectivity index (χ1v) is 7.17. The normalized spacial score (nSPS) is 25.2. The number of anilines is 1. The van der Waals surface area contributed by atoms with Crippen molar-refractivity contribution in [2.45, 2.75) is 38.1 Å². The van der Waals surface area contributed by atoms with E-state index in [0.717, 1.165) is 37.1 Å². The van der Waals surface area contributed by atoms with E-state index >= 15 is 0 Å². The number of carbonyl (C=O) groups is 1. The van der Waals surface area contributed by atoms with Crippen LogP contribution in [0.4, 0.5) is 5.69 Å². The Morgan fingerprint density at radius 3 is 2.60 bits per heavy atom. The summed E-state index contributed by atoms with van der Waals surface area (Å²) in [7, 11) is 3.10. The van der Waals surface area contributed by atoms with Crippen molar-refractivity contribution in [1.82, 2.24) is 0 Å². The Hall–Kier alpha value is -1.71. The highest BCUT2D eigenvalue weighted by Gasteiger charge is 2.49. The predicted octanol–water partition coefficient (Wildman–Crippen LogP) is 3.23. The van der Waals surface area contributed by atoms with Gasteiger partial charge in [-0.1, -0.05) is 19.8 Å². The van der Waals surface area contributed by atoms with Gasteiger partial charge >= 0.3 is 5.97 Å². The maximum Gasteiger partial charge on any atom is 0.331 e. The molecule has 1 fully saturated rings. The first kappa shape index (κ1) is 14.7. The summed E-state index contributed by atoms with van der Waals surface area (Å²) >= 11 is 0. The summed E-state index contributed by atoms with van der Waals surface area (Å²) in [6, 6.07) is 7.66. The van der Waals surface area contributed by atoms with Gasteiger partial charge in [-0.05, 0) is 43.0 Å². The molecule has 1 aromatic rings. The van der Waals surface area contributed by atoms with Gasteiger partial charge in [0.2, 0.25) is 0 Å². The quantitative estimate of drug-likeness (QED) is 0.839. The van der Waals surface area contributed by atoms with Crippen LogP contribution in [0.2, 0.25) is 0 Å². The van der Waals surface area contributed by atoms with E-state index in [0.29, 0.717) is 5.92 Å². The van der Waals surface area contributed by atoms with E-state index in [9.17, 15) is 4.79 Å². The van der Waals surface area contributed by atoms with Crippen molar-refractivity contribution >= 4 is 11.7 Å². The summed E-state index contributed by atoms with van der Waals surface area (Å²) in [6.45, 7) is 2.13. The lowest BCUT2D eigenvalue weighted by Gasteiger charge is -2.34. The molecule has 0 heterocycles. The van der Waals surface area contributed by atoms with E-state index in [1.165, 1.54) is 7.11 Å². The third-order valence-electron chi connectivity index (χ3n) is 4.32. The topological polar surface area (TPSA) is 47.6 Å². The maximum atomic E-state index is 12.3. The summed E-state index contributed by atoms with van der Waals surface area (Å²) in [5, 5.41) is 3.43. The molecule has 1 aliphatic rings. The zero-order chi connectivity index (χ0) is 14.6. The fourth-order valence-corrected chi connectivity index (χ4v) is 3.23. The molecule has 0 spiro atoms. The number of ether oxygens (including phenoxy) is 2. The molecule has 1 aromatic carbocycles. The fourth-order valence-electron chi connectivity index (χ4n) is 3.23. The fraction of sp³-hybridized carbons (Fsp3) is 0.562. The Balaban J connectivity index is 2.25. The van der Waals surface area contributed by atoms with Crippen LogP contribution >= 0.6 is 0 Å². The molecule has 0 bridgehead atoms. The van der Waals surface area contributed by atoms with Gasteiger partial charge in [-0.2, -0.15) is 0 Å². The lowest BCUT2D eigenvalue weighted by atomic mass is 9.84. The van der Waals surface area contributed by atoms with Crippen LogP contribution < -0.4 is 10.1 Å². The molecule has 2 unspecified atom stereocenters. The Labute approximate surface area is 120 Å². The molecule has 0 aliphatic heterocycles. The van der Waals surface area contributed by atoms with Gasteiger partial charge in [0.25, 0.3) is 0 Å². The van der Waals surface area contributed by atoms with Gasteiger partial charge in [-0.3, -0.25) is 0 Å². The van der Waals surface area contributed by atoms with E-state index in [1.807, 2.05) is 24.3 Å². The van der Waals surface area contributed by atoms with Crippen molar-refractivity contribution in [3.8, 4) is 5.75 Å². The van der Waals surface area contributed by atoms with Gasteiger partial charge in [0.15, 0.2) is 0 Å². The molecule has 110 valence electrons. The standard InChI is InChI=1S/C16H23NO3/c1-4-12-6-5-11-16(12,15(18)20-3)17-13-7-9-14(19-2)10-8-13/h7-10,12,17H,4-6,11H2,1-3H3.